The highest BCUT2D eigenvalue weighted by molar-refractivity contribution is 7.92. The average molecular weight is 503 g/mol. The van der Waals surface area contributed by atoms with Gasteiger partial charge >= 0.3 is 0 Å². The minimum Gasteiger partial charge on any atom is -0.378 e. The van der Waals surface area contributed by atoms with Crippen molar-refractivity contribution in [3.8, 4) is 0 Å². The number of para-hydroxylation sites is 2. The standard InChI is InChI=1S/C27H26N4O4S/c32-27(22-8-7-21-11-12-28-19-23(21)17-22)29-18-20-5-9-24(10-6-20)36(33,34)30-25-3-1-2-4-26(25)31-13-15-35-16-14-31/h1-12,17,19,30H,13-16,18H2,(H,29,32). The van der Waals surface area contributed by atoms with Crippen LogP contribution < -0.4 is 14.9 Å². The summed E-state index contributed by atoms with van der Waals surface area (Å²) in [6.45, 7) is 2.90. The summed E-state index contributed by atoms with van der Waals surface area (Å²) in [6.07, 6.45) is 3.43. The molecule has 1 saturated heterocycles. The van der Waals surface area contributed by atoms with E-state index in [0.717, 1.165) is 22.0 Å². The molecule has 0 atom stereocenters. The Kier molecular flexibility index (Phi) is 6.84. The van der Waals surface area contributed by atoms with Crippen LogP contribution in [0.4, 0.5) is 11.4 Å². The number of aromatic nitrogens is 1. The van der Waals surface area contributed by atoms with Gasteiger partial charge in [-0.3, -0.25) is 14.5 Å². The SMILES string of the molecule is O=C(NCc1ccc(S(=O)(=O)Nc2ccccc2N2CCOCC2)cc1)c1ccc2ccncc2c1. The number of benzene rings is 3. The van der Waals surface area contributed by atoms with E-state index in [9.17, 15) is 13.2 Å². The number of hydrogen-bond acceptors (Lipinski definition) is 6. The number of ether oxygens (including phenoxy) is 1. The summed E-state index contributed by atoms with van der Waals surface area (Å²) < 4.78 is 34.3. The van der Waals surface area contributed by atoms with Gasteiger partial charge in [-0.25, -0.2) is 8.42 Å². The topological polar surface area (TPSA) is 101 Å². The molecule has 8 nitrogen and oxygen atoms in total. The van der Waals surface area contributed by atoms with Crippen LogP contribution in [0, 0.1) is 0 Å². The molecule has 9 heteroatoms. The summed E-state index contributed by atoms with van der Waals surface area (Å²) in [6, 6.07) is 21.2. The van der Waals surface area contributed by atoms with Crippen LogP contribution in [0.3, 0.4) is 0 Å². The van der Waals surface area contributed by atoms with Crippen molar-refractivity contribution in [1.29, 1.82) is 0 Å². The van der Waals surface area contributed by atoms with Gasteiger partial charge in [0.15, 0.2) is 0 Å². The van der Waals surface area contributed by atoms with Crippen LogP contribution in [0.5, 0.6) is 0 Å². The first-order valence-corrected chi connectivity index (χ1v) is 13.1. The van der Waals surface area contributed by atoms with E-state index < -0.39 is 10.0 Å². The number of pyridine rings is 1. The van der Waals surface area contributed by atoms with Gasteiger partial charge in [0.25, 0.3) is 15.9 Å². The van der Waals surface area contributed by atoms with Gasteiger partial charge in [-0.05, 0) is 53.4 Å². The zero-order valence-electron chi connectivity index (χ0n) is 19.6. The molecule has 2 heterocycles. The summed E-state index contributed by atoms with van der Waals surface area (Å²) in [5.74, 6) is -0.209. The molecule has 0 saturated carbocycles. The summed E-state index contributed by atoms with van der Waals surface area (Å²) in [5, 5.41) is 4.79. The van der Waals surface area contributed by atoms with Gasteiger partial charge in [0.1, 0.15) is 0 Å². The third kappa shape index (κ3) is 5.32. The van der Waals surface area contributed by atoms with Gasteiger partial charge in [0, 0.05) is 43.0 Å². The molecule has 1 aromatic heterocycles. The van der Waals surface area contributed by atoms with Gasteiger partial charge in [-0.1, -0.05) is 30.3 Å². The molecule has 4 aromatic rings. The Hall–Kier alpha value is -3.95. The first-order valence-electron chi connectivity index (χ1n) is 11.7. The number of nitrogens with zero attached hydrogens (tertiary/aromatic N) is 2. The zero-order chi connectivity index (χ0) is 25.0. The van der Waals surface area contributed by atoms with Gasteiger partial charge in [0.05, 0.1) is 29.5 Å². The fraction of sp³-hybridized carbons (Fsp3) is 0.185. The maximum absolute atomic E-state index is 13.1. The third-order valence-corrected chi connectivity index (χ3v) is 7.47. The van der Waals surface area contributed by atoms with Crippen LogP contribution in [0.1, 0.15) is 15.9 Å². The van der Waals surface area contributed by atoms with Gasteiger partial charge < -0.3 is 15.0 Å². The molecule has 0 aliphatic carbocycles. The molecule has 5 rings (SSSR count). The van der Waals surface area contributed by atoms with E-state index in [-0.39, 0.29) is 17.3 Å². The second kappa shape index (κ2) is 10.3. The molecule has 1 fully saturated rings. The molecule has 36 heavy (non-hydrogen) atoms. The zero-order valence-corrected chi connectivity index (χ0v) is 20.4. The molecule has 0 unspecified atom stereocenters. The summed E-state index contributed by atoms with van der Waals surface area (Å²) >= 11 is 0. The lowest BCUT2D eigenvalue weighted by Gasteiger charge is -2.30. The summed E-state index contributed by atoms with van der Waals surface area (Å²) in [5.41, 5.74) is 2.69. The minimum atomic E-state index is -3.79. The lowest BCUT2D eigenvalue weighted by molar-refractivity contribution is 0.0951. The van der Waals surface area contributed by atoms with Crippen molar-refractivity contribution >= 4 is 38.1 Å². The molecule has 1 amide bonds. The molecule has 2 N–H and O–H groups in total. The normalized spacial score (nSPS) is 13.9. The molecule has 3 aromatic carbocycles. The minimum absolute atomic E-state index is 0.149. The molecule has 1 aliphatic rings. The van der Waals surface area contributed by atoms with Crippen LogP contribution in [-0.2, 0) is 21.3 Å². The van der Waals surface area contributed by atoms with Crippen molar-refractivity contribution in [2.75, 3.05) is 35.9 Å². The Labute approximate surface area is 210 Å². The average Bonchev–Trinajstić information content (AvgIpc) is 2.92. The highest BCUT2D eigenvalue weighted by Gasteiger charge is 2.19. The van der Waals surface area contributed by atoms with E-state index >= 15 is 0 Å². The number of sulfonamides is 1. The smallest absolute Gasteiger partial charge is 0.261 e. The molecule has 0 spiro atoms. The molecule has 0 bridgehead atoms. The van der Waals surface area contributed by atoms with Gasteiger partial charge in [-0.2, -0.15) is 0 Å². The number of carbonyl (C=O) groups excluding carboxylic acids is 1. The monoisotopic (exact) mass is 502 g/mol. The van der Waals surface area contributed by atoms with Crippen LogP contribution in [0.15, 0.2) is 90.1 Å². The Morgan fingerprint density at radius 1 is 0.944 bits per heavy atom. The van der Waals surface area contributed by atoms with E-state index in [2.05, 4.69) is 19.9 Å². The van der Waals surface area contributed by atoms with Crippen molar-refractivity contribution < 1.29 is 17.9 Å². The van der Waals surface area contributed by atoms with Crippen LogP contribution in [0.25, 0.3) is 10.8 Å². The Morgan fingerprint density at radius 2 is 1.72 bits per heavy atom. The fourth-order valence-electron chi connectivity index (χ4n) is 4.14. The van der Waals surface area contributed by atoms with Crippen molar-refractivity contribution in [3.05, 3.63) is 96.3 Å². The van der Waals surface area contributed by atoms with Crippen LogP contribution in [-0.4, -0.2) is 45.6 Å². The second-order valence-corrected chi connectivity index (χ2v) is 10.2. The predicted molar refractivity (Wildman–Crippen MR) is 140 cm³/mol. The Morgan fingerprint density at radius 3 is 2.53 bits per heavy atom. The first kappa shape index (κ1) is 23.8. The number of carbonyl (C=O) groups is 1. The van der Waals surface area contributed by atoms with Crippen molar-refractivity contribution in [1.82, 2.24) is 10.3 Å². The van der Waals surface area contributed by atoms with E-state index in [1.165, 1.54) is 0 Å². The molecule has 184 valence electrons. The number of hydrogen-bond donors (Lipinski definition) is 2. The summed E-state index contributed by atoms with van der Waals surface area (Å²) in [4.78, 5) is 19.0. The molecule has 0 radical (unpaired) electrons. The number of rotatable bonds is 7. The largest absolute Gasteiger partial charge is 0.378 e. The number of morpholine rings is 1. The lowest BCUT2D eigenvalue weighted by Crippen LogP contribution is -2.36. The molecule has 1 aliphatic heterocycles. The van der Waals surface area contributed by atoms with E-state index in [1.807, 2.05) is 24.3 Å². The Balaban J connectivity index is 1.24. The first-order chi connectivity index (χ1) is 17.5. The van der Waals surface area contributed by atoms with E-state index in [4.69, 9.17) is 4.74 Å². The van der Waals surface area contributed by atoms with Crippen molar-refractivity contribution in [3.63, 3.8) is 0 Å². The summed E-state index contributed by atoms with van der Waals surface area (Å²) in [7, 11) is -3.79. The number of fused-ring (bicyclic) bond motifs is 1. The predicted octanol–water partition coefficient (Wildman–Crippen LogP) is 3.80. The third-order valence-electron chi connectivity index (χ3n) is 6.09. The number of nitrogens with one attached hydrogen (secondary N) is 2. The number of anilines is 2. The van der Waals surface area contributed by atoms with Crippen LogP contribution in [0.2, 0.25) is 0 Å². The second-order valence-electron chi connectivity index (χ2n) is 8.49. The lowest BCUT2D eigenvalue weighted by atomic mass is 10.1. The van der Waals surface area contributed by atoms with Gasteiger partial charge in [-0.15, -0.1) is 0 Å². The maximum Gasteiger partial charge on any atom is 0.261 e. The van der Waals surface area contributed by atoms with E-state index in [1.54, 1.807) is 60.9 Å². The highest BCUT2D eigenvalue weighted by atomic mass is 32.2. The van der Waals surface area contributed by atoms with Crippen molar-refractivity contribution in [2.45, 2.75) is 11.4 Å². The van der Waals surface area contributed by atoms with E-state index in [0.29, 0.717) is 37.6 Å². The quantitative estimate of drug-likeness (QED) is 0.399. The fourth-order valence-corrected chi connectivity index (χ4v) is 5.22. The number of amides is 1. The molecular weight excluding hydrogens is 476 g/mol. The molecular formula is C27H26N4O4S. The van der Waals surface area contributed by atoms with Crippen LogP contribution >= 0.6 is 0 Å². The van der Waals surface area contributed by atoms with Gasteiger partial charge in [0.2, 0.25) is 0 Å². The van der Waals surface area contributed by atoms with Crippen molar-refractivity contribution in [2.24, 2.45) is 0 Å². The highest BCUT2D eigenvalue weighted by Crippen LogP contribution is 2.28. The Bertz CT molecular complexity index is 1480. The maximum atomic E-state index is 13.1.